The molecule has 0 aliphatic carbocycles. The molecular formula is C16H19N5O. The second-order valence-corrected chi connectivity index (χ2v) is 5.63. The summed E-state index contributed by atoms with van der Waals surface area (Å²) in [6.07, 6.45) is 2.35. The summed E-state index contributed by atoms with van der Waals surface area (Å²) in [5.41, 5.74) is 1.63. The van der Waals surface area contributed by atoms with Gasteiger partial charge in [-0.05, 0) is 19.1 Å². The van der Waals surface area contributed by atoms with Crippen molar-refractivity contribution in [2.45, 2.75) is 13.3 Å². The van der Waals surface area contributed by atoms with Crippen LogP contribution in [0.25, 0.3) is 11.4 Å². The van der Waals surface area contributed by atoms with Crippen LogP contribution in [0.4, 0.5) is 5.82 Å². The normalized spacial score (nSPS) is 17.8. The number of hydrogen-bond acceptors (Lipinski definition) is 5. The van der Waals surface area contributed by atoms with E-state index in [2.05, 4.69) is 20.3 Å². The lowest BCUT2D eigenvalue weighted by atomic mass is 10.1. The summed E-state index contributed by atoms with van der Waals surface area (Å²) in [4.78, 5) is 26.5. The minimum Gasteiger partial charge on any atom is -0.370 e. The minimum absolute atomic E-state index is 0.208. The molecule has 1 fully saturated rings. The Balaban J connectivity index is 1.72. The highest BCUT2D eigenvalue weighted by Crippen LogP contribution is 2.19. The van der Waals surface area contributed by atoms with Crippen LogP contribution >= 0.6 is 0 Å². The highest BCUT2D eigenvalue weighted by molar-refractivity contribution is 5.78. The average molecular weight is 297 g/mol. The first kappa shape index (κ1) is 14.4. The van der Waals surface area contributed by atoms with Crippen molar-refractivity contribution >= 4 is 11.7 Å². The first-order valence-corrected chi connectivity index (χ1v) is 7.37. The van der Waals surface area contributed by atoms with Gasteiger partial charge in [-0.25, -0.2) is 9.97 Å². The zero-order valence-corrected chi connectivity index (χ0v) is 12.8. The molecule has 3 heterocycles. The zero-order chi connectivity index (χ0) is 15.5. The summed E-state index contributed by atoms with van der Waals surface area (Å²) >= 11 is 0. The Labute approximate surface area is 129 Å². The van der Waals surface area contributed by atoms with Gasteiger partial charge >= 0.3 is 0 Å². The molecular weight excluding hydrogens is 278 g/mol. The fourth-order valence-corrected chi connectivity index (χ4v) is 2.65. The fourth-order valence-electron chi connectivity index (χ4n) is 2.65. The summed E-state index contributed by atoms with van der Waals surface area (Å²) in [7, 11) is 1.84. The van der Waals surface area contributed by atoms with Gasteiger partial charge in [0.05, 0.1) is 11.4 Å². The van der Waals surface area contributed by atoms with Crippen LogP contribution in [-0.4, -0.2) is 45.9 Å². The number of nitrogens with zero attached hydrogens (tertiary/aromatic N) is 4. The molecule has 1 amide bonds. The Hall–Kier alpha value is -2.50. The summed E-state index contributed by atoms with van der Waals surface area (Å²) in [6.45, 7) is 3.39. The molecule has 0 radical (unpaired) electrons. The van der Waals surface area contributed by atoms with Crippen molar-refractivity contribution in [2.24, 2.45) is 5.92 Å². The van der Waals surface area contributed by atoms with Gasteiger partial charge in [0.25, 0.3) is 0 Å². The van der Waals surface area contributed by atoms with Crippen LogP contribution in [0.1, 0.15) is 12.2 Å². The quantitative estimate of drug-likeness (QED) is 0.930. The molecule has 2 aromatic heterocycles. The molecule has 6 heteroatoms. The molecule has 1 saturated heterocycles. The van der Waals surface area contributed by atoms with E-state index in [1.807, 2.05) is 38.2 Å². The standard InChI is InChI=1S/C16H19N5O/c1-11-19-14(13-5-3-4-6-17-13)8-15(20-11)18-9-12-7-16(22)21(2)10-12/h3-6,8,12H,7,9-10H2,1-2H3,(H,18,19,20). The van der Waals surface area contributed by atoms with Crippen LogP contribution in [-0.2, 0) is 4.79 Å². The monoisotopic (exact) mass is 297 g/mol. The van der Waals surface area contributed by atoms with E-state index >= 15 is 0 Å². The van der Waals surface area contributed by atoms with Gasteiger partial charge in [-0.1, -0.05) is 6.07 Å². The van der Waals surface area contributed by atoms with Crippen LogP contribution < -0.4 is 5.32 Å². The van der Waals surface area contributed by atoms with E-state index in [1.54, 1.807) is 11.1 Å². The third kappa shape index (κ3) is 3.21. The number of aromatic nitrogens is 3. The van der Waals surface area contributed by atoms with Crippen molar-refractivity contribution in [3.8, 4) is 11.4 Å². The predicted molar refractivity (Wildman–Crippen MR) is 84.2 cm³/mol. The number of carbonyl (C=O) groups is 1. The minimum atomic E-state index is 0.208. The molecule has 22 heavy (non-hydrogen) atoms. The number of amides is 1. The van der Waals surface area contributed by atoms with E-state index in [0.29, 0.717) is 18.2 Å². The van der Waals surface area contributed by atoms with Gasteiger partial charge in [0.15, 0.2) is 0 Å². The Bertz CT molecular complexity index is 673. The molecule has 1 unspecified atom stereocenters. The molecule has 0 aromatic carbocycles. The molecule has 1 atom stereocenters. The van der Waals surface area contributed by atoms with Crippen molar-refractivity contribution in [1.82, 2.24) is 19.9 Å². The van der Waals surface area contributed by atoms with Gasteiger partial charge in [-0.3, -0.25) is 9.78 Å². The van der Waals surface area contributed by atoms with Crippen LogP contribution in [0, 0.1) is 12.8 Å². The highest BCUT2D eigenvalue weighted by Gasteiger charge is 2.26. The number of hydrogen-bond donors (Lipinski definition) is 1. The topological polar surface area (TPSA) is 71.0 Å². The van der Waals surface area contributed by atoms with Crippen LogP contribution in [0.3, 0.4) is 0 Å². The van der Waals surface area contributed by atoms with E-state index in [9.17, 15) is 4.79 Å². The second kappa shape index (κ2) is 6.09. The van der Waals surface area contributed by atoms with Gasteiger partial charge in [0, 0.05) is 44.7 Å². The molecule has 1 aliphatic heterocycles. The third-order valence-electron chi connectivity index (χ3n) is 3.76. The zero-order valence-electron chi connectivity index (χ0n) is 12.8. The first-order valence-electron chi connectivity index (χ1n) is 7.37. The largest absolute Gasteiger partial charge is 0.370 e. The molecule has 3 rings (SSSR count). The number of aryl methyl sites for hydroxylation is 1. The molecule has 1 aliphatic rings. The number of carbonyl (C=O) groups excluding carboxylic acids is 1. The Morgan fingerprint density at radius 1 is 1.32 bits per heavy atom. The van der Waals surface area contributed by atoms with Crippen LogP contribution in [0.15, 0.2) is 30.5 Å². The van der Waals surface area contributed by atoms with Crippen molar-refractivity contribution in [3.05, 3.63) is 36.3 Å². The lowest BCUT2D eigenvalue weighted by molar-refractivity contribution is -0.126. The molecule has 6 nitrogen and oxygen atoms in total. The van der Waals surface area contributed by atoms with Crippen LogP contribution in [0.2, 0.25) is 0 Å². The van der Waals surface area contributed by atoms with E-state index in [1.165, 1.54) is 0 Å². The molecule has 0 saturated carbocycles. The van der Waals surface area contributed by atoms with Gasteiger partial charge in [0.1, 0.15) is 11.6 Å². The van der Waals surface area contributed by atoms with E-state index < -0.39 is 0 Å². The van der Waals surface area contributed by atoms with Gasteiger partial charge in [-0.15, -0.1) is 0 Å². The smallest absolute Gasteiger partial charge is 0.222 e. The first-order chi connectivity index (χ1) is 10.6. The van der Waals surface area contributed by atoms with Crippen molar-refractivity contribution in [2.75, 3.05) is 25.5 Å². The SMILES string of the molecule is Cc1nc(NCC2CC(=O)N(C)C2)cc(-c2ccccn2)n1. The Kier molecular flexibility index (Phi) is 4.00. The number of nitrogens with one attached hydrogen (secondary N) is 1. The maximum atomic E-state index is 11.6. The lowest BCUT2D eigenvalue weighted by Gasteiger charge is -2.12. The number of anilines is 1. The molecule has 2 aromatic rings. The van der Waals surface area contributed by atoms with Gasteiger partial charge in [0.2, 0.25) is 5.91 Å². The summed E-state index contributed by atoms with van der Waals surface area (Å²) < 4.78 is 0. The molecule has 1 N–H and O–H groups in total. The van der Waals surface area contributed by atoms with Crippen LogP contribution in [0.5, 0.6) is 0 Å². The molecule has 0 bridgehead atoms. The maximum Gasteiger partial charge on any atom is 0.222 e. The summed E-state index contributed by atoms with van der Waals surface area (Å²) in [5, 5.41) is 3.32. The van der Waals surface area contributed by atoms with E-state index in [0.717, 1.165) is 30.3 Å². The lowest BCUT2D eigenvalue weighted by Crippen LogP contribution is -2.21. The highest BCUT2D eigenvalue weighted by atomic mass is 16.2. The van der Waals surface area contributed by atoms with Crippen molar-refractivity contribution in [1.29, 1.82) is 0 Å². The van der Waals surface area contributed by atoms with Gasteiger partial charge in [-0.2, -0.15) is 0 Å². The summed E-state index contributed by atoms with van der Waals surface area (Å²) in [6, 6.07) is 7.64. The molecule has 0 spiro atoms. The van der Waals surface area contributed by atoms with Crippen molar-refractivity contribution in [3.63, 3.8) is 0 Å². The van der Waals surface area contributed by atoms with E-state index in [-0.39, 0.29) is 5.91 Å². The average Bonchev–Trinajstić information content (AvgIpc) is 2.84. The third-order valence-corrected chi connectivity index (χ3v) is 3.76. The van der Waals surface area contributed by atoms with Crippen molar-refractivity contribution < 1.29 is 4.79 Å². The fraction of sp³-hybridized carbons (Fsp3) is 0.375. The second-order valence-electron chi connectivity index (χ2n) is 5.63. The maximum absolute atomic E-state index is 11.6. The molecule has 114 valence electrons. The predicted octanol–water partition coefficient (Wildman–Crippen LogP) is 1.74. The number of rotatable bonds is 4. The van der Waals surface area contributed by atoms with E-state index in [4.69, 9.17) is 0 Å². The Morgan fingerprint density at radius 2 is 2.18 bits per heavy atom. The van der Waals surface area contributed by atoms with Gasteiger partial charge < -0.3 is 10.2 Å². The summed E-state index contributed by atoms with van der Waals surface area (Å²) in [5.74, 6) is 2.01. The number of pyridine rings is 1. The Morgan fingerprint density at radius 3 is 2.86 bits per heavy atom. The number of likely N-dealkylation sites (tertiary alicyclic amines) is 1.